The van der Waals surface area contributed by atoms with Gasteiger partial charge in [0.2, 0.25) is 0 Å². The Bertz CT molecular complexity index is 667. The van der Waals surface area contributed by atoms with E-state index in [1.165, 1.54) is 12.1 Å². The highest BCUT2D eigenvalue weighted by molar-refractivity contribution is 6.04. The predicted octanol–water partition coefficient (Wildman–Crippen LogP) is 4.63. The number of anilines is 1. The predicted molar refractivity (Wildman–Crippen MR) is 83.3 cm³/mol. The molecule has 0 aliphatic carbocycles. The van der Waals surface area contributed by atoms with Crippen LogP contribution in [-0.2, 0) is 0 Å². The summed E-state index contributed by atoms with van der Waals surface area (Å²) in [4.78, 5) is 12.1. The number of amides is 1. The van der Waals surface area contributed by atoms with Gasteiger partial charge in [0.15, 0.2) is 0 Å². The van der Waals surface area contributed by atoms with Crippen molar-refractivity contribution in [2.45, 2.75) is 19.7 Å². The van der Waals surface area contributed by atoms with Gasteiger partial charge in [0.1, 0.15) is 11.5 Å². The largest absolute Gasteiger partial charge is 0.573 e. The van der Waals surface area contributed by atoms with E-state index in [0.717, 1.165) is 18.6 Å². The highest BCUT2D eigenvalue weighted by Gasteiger charge is 2.30. The van der Waals surface area contributed by atoms with Gasteiger partial charge < -0.3 is 14.8 Å². The molecular formula is C17H16F3NO3. The minimum atomic E-state index is -4.74. The summed E-state index contributed by atoms with van der Waals surface area (Å²) in [7, 11) is 0. The van der Waals surface area contributed by atoms with E-state index in [1.54, 1.807) is 24.3 Å². The number of rotatable bonds is 6. The zero-order valence-corrected chi connectivity index (χ0v) is 12.9. The molecule has 1 N–H and O–H groups in total. The van der Waals surface area contributed by atoms with E-state index in [1.807, 2.05) is 6.92 Å². The first-order valence-electron chi connectivity index (χ1n) is 7.27. The summed E-state index contributed by atoms with van der Waals surface area (Å²) < 4.78 is 45.4. The molecule has 2 aromatic carbocycles. The highest BCUT2D eigenvalue weighted by Crippen LogP contribution is 2.24. The summed E-state index contributed by atoms with van der Waals surface area (Å²) in [5, 5.41) is 2.59. The maximum atomic E-state index is 12.1. The zero-order chi connectivity index (χ0) is 17.6. The Kier molecular flexibility index (Phi) is 5.68. The molecule has 0 saturated carbocycles. The van der Waals surface area contributed by atoms with Crippen molar-refractivity contribution < 1.29 is 27.4 Å². The van der Waals surface area contributed by atoms with Crippen LogP contribution in [0.1, 0.15) is 23.7 Å². The Morgan fingerprint density at radius 1 is 1.00 bits per heavy atom. The summed E-state index contributed by atoms with van der Waals surface area (Å²) in [5.74, 6) is -0.0542. The summed E-state index contributed by atoms with van der Waals surface area (Å²) in [6.07, 6.45) is -3.86. The van der Waals surface area contributed by atoms with E-state index in [9.17, 15) is 18.0 Å². The second-order valence-electron chi connectivity index (χ2n) is 4.90. The van der Waals surface area contributed by atoms with Gasteiger partial charge in [-0.05, 0) is 55.0 Å². The molecular weight excluding hydrogens is 323 g/mol. The molecule has 1 amide bonds. The molecule has 0 heterocycles. The molecule has 0 fully saturated rings. The quantitative estimate of drug-likeness (QED) is 0.835. The number of carbonyl (C=O) groups excluding carboxylic acids is 1. The molecule has 24 heavy (non-hydrogen) atoms. The van der Waals surface area contributed by atoms with Crippen molar-refractivity contribution in [2.24, 2.45) is 0 Å². The van der Waals surface area contributed by atoms with Crippen molar-refractivity contribution >= 4 is 11.6 Å². The van der Waals surface area contributed by atoms with Crippen LogP contribution in [0.15, 0.2) is 48.5 Å². The lowest BCUT2D eigenvalue weighted by Gasteiger charge is -2.10. The lowest BCUT2D eigenvalue weighted by Crippen LogP contribution is -2.17. The van der Waals surface area contributed by atoms with E-state index in [4.69, 9.17) is 4.74 Å². The van der Waals surface area contributed by atoms with Crippen molar-refractivity contribution in [3.63, 3.8) is 0 Å². The van der Waals surface area contributed by atoms with Crippen LogP contribution < -0.4 is 14.8 Å². The molecule has 0 unspecified atom stereocenters. The number of nitrogens with one attached hydrogen (secondary N) is 1. The van der Waals surface area contributed by atoms with Gasteiger partial charge in [0, 0.05) is 11.3 Å². The van der Waals surface area contributed by atoms with Gasteiger partial charge in [0.05, 0.1) is 6.61 Å². The van der Waals surface area contributed by atoms with Crippen molar-refractivity contribution in [2.75, 3.05) is 11.9 Å². The molecule has 0 atom stereocenters. The minimum absolute atomic E-state index is 0.349. The summed E-state index contributed by atoms with van der Waals surface area (Å²) in [6.45, 7) is 2.59. The van der Waals surface area contributed by atoms with Crippen molar-refractivity contribution in [1.29, 1.82) is 0 Å². The van der Waals surface area contributed by atoms with Crippen LogP contribution in [0.2, 0.25) is 0 Å². The van der Waals surface area contributed by atoms with Crippen LogP contribution in [-0.4, -0.2) is 18.9 Å². The molecule has 0 aromatic heterocycles. The van der Waals surface area contributed by atoms with Gasteiger partial charge >= 0.3 is 6.36 Å². The lowest BCUT2D eigenvalue weighted by molar-refractivity contribution is -0.274. The average Bonchev–Trinajstić information content (AvgIpc) is 2.54. The standard InChI is InChI=1S/C17H16F3NO3/c1-2-11-23-14-7-3-12(4-8-14)16(22)21-13-5-9-15(10-6-13)24-17(18,19)20/h3-10H,2,11H2,1H3,(H,21,22). The Labute approximate surface area is 137 Å². The van der Waals surface area contributed by atoms with Gasteiger partial charge in [-0.15, -0.1) is 13.2 Å². The van der Waals surface area contributed by atoms with Gasteiger partial charge in [0.25, 0.3) is 5.91 Å². The number of ether oxygens (including phenoxy) is 2. The smallest absolute Gasteiger partial charge is 0.494 e. The monoisotopic (exact) mass is 339 g/mol. The Morgan fingerprint density at radius 3 is 2.12 bits per heavy atom. The first kappa shape index (κ1) is 17.7. The molecule has 0 saturated heterocycles. The first-order valence-corrected chi connectivity index (χ1v) is 7.27. The Balaban J connectivity index is 1.96. The van der Waals surface area contributed by atoms with Crippen molar-refractivity contribution in [1.82, 2.24) is 0 Å². The third kappa shape index (κ3) is 5.49. The number of hydrogen-bond donors (Lipinski definition) is 1. The van der Waals surface area contributed by atoms with Crippen molar-refractivity contribution in [3.05, 3.63) is 54.1 Å². The SMILES string of the molecule is CCCOc1ccc(C(=O)Nc2ccc(OC(F)(F)F)cc2)cc1. The normalized spacial score (nSPS) is 11.0. The van der Waals surface area contributed by atoms with Crippen LogP contribution in [0.4, 0.5) is 18.9 Å². The van der Waals surface area contributed by atoms with E-state index in [-0.39, 0.29) is 11.7 Å². The van der Waals surface area contributed by atoms with Crippen molar-refractivity contribution in [3.8, 4) is 11.5 Å². The topological polar surface area (TPSA) is 47.6 Å². The Morgan fingerprint density at radius 2 is 1.58 bits per heavy atom. The number of benzene rings is 2. The highest BCUT2D eigenvalue weighted by atomic mass is 19.4. The molecule has 0 aliphatic rings. The van der Waals surface area contributed by atoms with E-state index < -0.39 is 6.36 Å². The van der Waals surface area contributed by atoms with Gasteiger partial charge in [-0.1, -0.05) is 6.92 Å². The molecule has 0 spiro atoms. The van der Waals surface area contributed by atoms with Gasteiger partial charge in [-0.2, -0.15) is 0 Å². The van der Waals surface area contributed by atoms with Crippen LogP contribution >= 0.6 is 0 Å². The van der Waals surface area contributed by atoms with Crippen LogP contribution in [0, 0.1) is 0 Å². The minimum Gasteiger partial charge on any atom is -0.494 e. The fourth-order valence-electron chi connectivity index (χ4n) is 1.87. The molecule has 0 aliphatic heterocycles. The molecule has 4 nitrogen and oxygen atoms in total. The average molecular weight is 339 g/mol. The molecule has 2 rings (SSSR count). The van der Waals surface area contributed by atoms with Crippen LogP contribution in [0.3, 0.4) is 0 Å². The fraction of sp³-hybridized carbons (Fsp3) is 0.235. The third-order valence-corrected chi connectivity index (χ3v) is 2.94. The molecule has 0 bridgehead atoms. The second-order valence-corrected chi connectivity index (χ2v) is 4.90. The number of halogens is 3. The van der Waals surface area contributed by atoms with Crippen LogP contribution in [0.5, 0.6) is 11.5 Å². The molecule has 7 heteroatoms. The number of alkyl halides is 3. The lowest BCUT2D eigenvalue weighted by atomic mass is 10.2. The second kappa shape index (κ2) is 7.72. The number of hydrogen-bond acceptors (Lipinski definition) is 3. The van der Waals surface area contributed by atoms with Crippen LogP contribution in [0.25, 0.3) is 0 Å². The first-order chi connectivity index (χ1) is 11.4. The molecule has 2 aromatic rings. The van der Waals surface area contributed by atoms with Gasteiger partial charge in [-0.25, -0.2) is 0 Å². The van der Waals surface area contributed by atoms with E-state index in [0.29, 0.717) is 23.6 Å². The summed E-state index contributed by atoms with van der Waals surface area (Å²) in [6, 6.07) is 11.5. The summed E-state index contributed by atoms with van der Waals surface area (Å²) >= 11 is 0. The van der Waals surface area contributed by atoms with Gasteiger partial charge in [-0.3, -0.25) is 4.79 Å². The zero-order valence-electron chi connectivity index (χ0n) is 12.9. The number of carbonyl (C=O) groups is 1. The maximum Gasteiger partial charge on any atom is 0.573 e. The Hall–Kier alpha value is -2.70. The third-order valence-electron chi connectivity index (χ3n) is 2.94. The summed E-state index contributed by atoms with van der Waals surface area (Å²) in [5.41, 5.74) is 0.773. The molecule has 128 valence electrons. The van der Waals surface area contributed by atoms with E-state index in [2.05, 4.69) is 10.1 Å². The molecule has 0 radical (unpaired) electrons. The fourth-order valence-corrected chi connectivity index (χ4v) is 1.87. The van der Waals surface area contributed by atoms with E-state index >= 15 is 0 Å². The maximum absolute atomic E-state index is 12.1.